The minimum Gasteiger partial charge on any atom is -0.425 e. The van der Waals surface area contributed by atoms with E-state index in [0.717, 1.165) is 10.8 Å². The number of hydrogen-bond acceptors (Lipinski definition) is 7. The molecule has 2 amide bonds. The number of aromatic nitrogens is 2. The summed E-state index contributed by atoms with van der Waals surface area (Å²) in [4.78, 5) is 53.9. The Morgan fingerprint density at radius 1 is 0.931 bits per heavy atom. The maximum absolute atomic E-state index is 12.2. The zero-order valence-corrected chi connectivity index (χ0v) is 16.1. The fourth-order valence-corrected chi connectivity index (χ4v) is 2.36. The fraction of sp³-hybridized carbons (Fsp3) is 0.235. The number of rotatable bonds is 9. The summed E-state index contributed by atoms with van der Waals surface area (Å²) in [6, 6.07) is 7.89. The predicted molar refractivity (Wildman–Crippen MR) is 96.6 cm³/mol. The van der Waals surface area contributed by atoms with E-state index in [1.54, 1.807) is 0 Å². The molecule has 2 heterocycles. The summed E-state index contributed by atoms with van der Waals surface area (Å²) in [7, 11) is 0. The third-order valence-corrected chi connectivity index (χ3v) is 3.71. The molecule has 12 heteroatoms. The maximum atomic E-state index is 12.2. The predicted octanol–water partition coefficient (Wildman–Crippen LogP) is -2.11. The molecule has 2 aromatic rings. The van der Waals surface area contributed by atoms with Crippen molar-refractivity contribution in [3.8, 4) is 4.91 Å². The topological polar surface area (TPSA) is 144 Å². The van der Waals surface area contributed by atoms with Crippen LogP contribution in [0.3, 0.4) is 0 Å². The van der Waals surface area contributed by atoms with Gasteiger partial charge in [-0.15, -0.1) is 4.73 Å². The largest absolute Gasteiger partial charge is 0.425 e. The summed E-state index contributed by atoms with van der Waals surface area (Å²) in [6.45, 7) is 1.26. The Morgan fingerprint density at radius 3 is 2.10 bits per heavy atom. The van der Waals surface area contributed by atoms with Crippen LogP contribution in [0.25, 0.3) is 0 Å². The van der Waals surface area contributed by atoms with Crippen molar-refractivity contribution in [3.05, 3.63) is 68.5 Å². The Labute approximate surface area is 172 Å². The Kier molecular flexibility index (Phi) is 8.26. The van der Waals surface area contributed by atoms with Gasteiger partial charge in [0.2, 0.25) is 0 Å². The molecule has 0 fully saturated rings. The van der Waals surface area contributed by atoms with Gasteiger partial charge in [0.25, 0.3) is 11.5 Å². The minimum atomic E-state index is -0.702. The number of carbonyl (C=O) groups is 2. The zero-order chi connectivity index (χ0) is 21.2. The second-order valence-corrected chi connectivity index (χ2v) is 5.76. The van der Waals surface area contributed by atoms with Crippen LogP contribution in [0, 0.1) is 4.91 Å². The zero-order valence-electron chi connectivity index (χ0n) is 15.0. The molecule has 0 aliphatic heterocycles. The van der Waals surface area contributed by atoms with Crippen LogP contribution in [0.15, 0.2) is 46.0 Å². The van der Waals surface area contributed by atoms with Crippen molar-refractivity contribution in [2.24, 2.45) is 0 Å². The standard InChI is InChI=1S/C17H18N5O6.Fe/c1-28-22-13(5-3-7-15(22)24)17(26)20-11-9-18-8-10-19-16(25)12-4-2-6-14(23)21(12)27;/h2-7,18,27H,8-11H2,(H,19,25)(H,20,26);. The van der Waals surface area contributed by atoms with E-state index in [2.05, 4.69) is 36.2 Å². The van der Waals surface area contributed by atoms with Crippen molar-refractivity contribution < 1.29 is 35.0 Å². The van der Waals surface area contributed by atoms with E-state index in [1.807, 2.05) is 0 Å². The molecule has 2 rings (SSSR count). The van der Waals surface area contributed by atoms with Gasteiger partial charge in [-0.1, -0.05) is 6.07 Å². The fourth-order valence-electron chi connectivity index (χ4n) is 2.26. The molecule has 0 bridgehead atoms. The van der Waals surface area contributed by atoms with Crippen LogP contribution in [0.5, 0.6) is 0 Å². The monoisotopic (exact) mass is 444 g/mol. The van der Waals surface area contributed by atoms with Crippen molar-refractivity contribution in [2.75, 3.05) is 26.2 Å². The van der Waals surface area contributed by atoms with E-state index < -0.39 is 22.9 Å². The van der Waals surface area contributed by atoms with Crippen LogP contribution in [0.1, 0.15) is 21.0 Å². The van der Waals surface area contributed by atoms with E-state index in [1.165, 1.54) is 30.3 Å². The van der Waals surface area contributed by atoms with Crippen LogP contribution in [0.4, 0.5) is 0 Å². The Balaban J connectivity index is 1.71. The quantitative estimate of drug-likeness (QED) is 0.197. The minimum absolute atomic E-state index is 0.00109. The van der Waals surface area contributed by atoms with Crippen molar-refractivity contribution in [1.82, 2.24) is 25.4 Å². The van der Waals surface area contributed by atoms with E-state index in [9.17, 15) is 24.4 Å². The summed E-state index contributed by atoms with van der Waals surface area (Å²) in [6.07, 6.45) is 0. The van der Waals surface area contributed by atoms with Crippen molar-refractivity contribution >= 4 is 11.8 Å². The smallest absolute Gasteiger partial charge is 0.283 e. The number of carbonyl (C=O) groups excluding carboxylic acids is 2. The summed E-state index contributed by atoms with van der Waals surface area (Å²) in [5.41, 5.74) is -1.40. The third kappa shape index (κ3) is 6.09. The molecule has 0 spiro atoms. The molecule has 2 aromatic heterocycles. The first-order valence-corrected chi connectivity index (χ1v) is 8.93. The van der Waals surface area contributed by atoms with E-state index >= 15 is 0 Å². The second kappa shape index (κ2) is 10.9. The Morgan fingerprint density at radius 2 is 1.48 bits per heavy atom. The molecular weight excluding hydrogens is 426 g/mol. The van der Waals surface area contributed by atoms with Gasteiger partial charge in [0.15, 0.2) is 0 Å². The van der Waals surface area contributed by atoms with Gasteiger partial charge in [-0.25, -0.2) is 0 Å². The first-order valence-electron chi connectivity index (χ1n) is 8.38. The van der Waals surface area contributed by atoms with Gasteiger partial charge in [0.1, 0.15) is 5.69 Å². The van der Waals surface area contributed by atoms with Gasteiger partial charge in [-0.05, 0) is 6.07 Å². The first-order chi connectivity index (χ1) is 14.0. The maximum Gasteiger partial charge on any atom is 0.283 e. The number of hydrogen-bond donors (Lipinski definition) is 4. The molecule has 0 aromatic carbocycles. The Hall–Kier alpha value is -3.30. The second-order valence-electron chi connectivity index (χ2n) is 5.53. The molecule has 0 aliphatic carbocycles. The molecule has 0 unspecified atom stereocenters. The number of nitrogens with zero attached hydrogens (tertiary/aromatic N) is 2. The molecule has 29 heavy (non-hydrogen) atoms. The molecule has 0 radical (unpaired) electrons. The molecular formula is C17H18FeN5O6. The SMILES string of the molecule is O=C(NCCNCCNC(=O)c1cccc(=O)n1O[C]#[Fe])c1cccc(=O)n1O. The van der Waals surface area contributed by atoms with Crippen LogP contribution >= 0.6 is 0 Å². The average Bonchev–Trinajstić information content (AvgIpc) is 2.70. The first kappa shape index (κ1) is 22.0. The normalized spacial score (nSPS) is 10.1. The number of nitrogens with one attached hydrogen (secondary N) is 3. The van der Waals surface area contributed by atoms with Gasteiger partial charge in [-0.2, -0.15) is 0 Å². The molecule has 4 N–H and O–H groups in total. The van der Waals surface area contributed by atoms with Gasteiger partial charge < -0.3 is 5.21 Å². The average molecular weight is 444 g/mol. The number of amides is 2. The molecule has 0 saturated heterocycles. The van der Waals surface area contributed by atoms with Gasteiger partial charge in [-0.3, -0.25) is 9.59 Å². The Bertz CT molecular complexity index is 1040. The molecule has 0 atom stereocenters. The summed E-state index contributed by atoms with van der Waals surface area (Å²) in [5, 5.41) is 17.7. The molecule has 155 valence electrons. The molecule has 0 saturated carbocycles. The molecule has 11 nitrogen and oxygen atoms in total. The van der Waals surface area contributed by atoms with Gasteiger partial charge in [0, 0.05) is 6.07 Å². The summed E-state index contributed by atoms with van der Waals surface area (Å²) >= 11 is 3.23. The van der Waals surface area contributed by atoms with E-state index in [0.29, 0.717) is 13.1 Å². The van der Waals surface area contributed by atoms with Crippen LogP contribution < -0.4 is 31.9 Å². The third-order valence-electron chi connectivity index (χ3n) is 3.61. The summed E-state index contributed by atoms with van der Waals surface area (Å²) in [5.74, 6) is -1.11. The van der Waals surface area contributed by atoms with Crippen LogP contribution in [0.2, 0.25) is 0 Å². The van der Waals surface area contributed by atoms with Crippen LogP contribution in [-0.2, 0) is 15.4 Å². The molecule has 0 aliphatic rings. The van der Waals surface area contributed by atoms with Gasteiger partial charge in [0.05, 0.1) is 0 Å². The van der Waals surface area contributed by atoms with E-state index in [4.69, 9.17) is 4.84 Å². The van der Waals surface area contributed by atoms with Crippen molar-refractivity contribution in [3.63, 3.8) is 0 Å². The van der Waals surface area contributed by atoms with Crippen molar-refractivity contribution in [2.45, 2.75) is 0 Å². The summed E-state index contributed by atoms with van der Waals surface area (Å²) < 4.78 is 1.05. The number of pyridine rings is 2. The van der Waals surface area contributed by atoms with Gasteiger partial charge >= 0.3 is 117 Å². The van der Waals surface area contributed by atoms with Crippen LogP contribution in [-0.4, -0.2) is 52.7 Å². The van der Waals surface area contributed by atoms with Crippen molar-refractivity contribution in [1.29, 1.82) is 0 Å². The van der Waals surface area contributed by atoms with E-state index in [-0.39, 0.29) is 29.2 Å².